The fourth-order valence-electron chi connectivity index (χ4n) is 1.17. The first-order chi connectivity index (χ1) is 7.92. The van der Waals surface area contributed by atoms with Crippen molar-refractivity contribution >= 4 is 10.8 Å². The molecule has 0 radical (unpaired) electrons. The van der Waals surface area contributed by atoms with Crippen molar-refractivity contribution in [3.8, 4) is 6.07 Å². The first kappa shape index (κ1) is 13.3. The lowest BCUT2D eigenvalue weighted by Crippen LogP contribution is -2.68. The van der Waals surface area contributed by atoms with E-state index in [1.165, 1.54) is 6.26 Å². The molecule has 0 unspecified atom stereocenters. The molecule has 0 atom stereocenters. The Kier molecular flexibility index (Phi) is 4.34. The third-order valence-electron chi connectivity index (χ3n) is 1.75. The summed E-state index contributed by atoms with van der Waals surface area (Å²) in [7, 11) is -4.94. The van der Waals surface area contributed by atoms with Gasteiger partial charge in [-0.25, -0.2) is 23.1 Å². The summed E-state index contributed by atoms with van der Waals surface area (Å²) in [5, 5.41) is 10.6. The van der Waals surface area contributed by atoms with Gasteiger partial charge in [-0.15, -0.1) is 10.2 Å². The van der Waals surface area contributed by atoms with Crippen LogP contribution in [0.1, 0.15) is 5.56 Å². The van der Waals surface area contributed by atoms with Crippen molar-refractivity contribution in [1.82, 2.24) is 0 Å². The molecule has 2 aromatic rings. The van der Waals surface area contributed by atoms with E-state index < -0.39 is 10.2 Å². The Morgan fingerprint density at radius 3 is 2.24 bits per heavy atom. The van der Waals surface area contributed by atoms with Crippen LogP contribution in [-0.2, 0) is 0 Å². The molecule has 6 nitrogen and oxygen atoms in total. The average molecular weight is 256 g/mol. The molecule has 0 spiro atoms. The molecule has 0 amide bonds. The third kappa shape index (κ3) is 4.74. The van der Waals surface area contributed by atoms with E-state index in [9.17, 15) is 0 Å². The number of rotatable bonds is 0. The maximum Gasteiger partial charge on any atom is 0.336 e. The summed E-state index contributed by atoms with van der Waals surface area (Å²) >= 11 is 0. The highest BCUT2D eigenvalue weighted by molar-refractivity contribution is 5.86. The monoisotopic (exact) mass is 255 g/mol. The van der Waals surface area contributed by atoms with Crippen molar-refractivity contribution in [3.05, 3.63) is 42.4 Å². The van der Waals surface area contributed by atoms with Crippen LogP contribution in [-0.4, -0.2) is 0 Å². The molecule has 0 fully saturated rings. The van der Waals surface area contributed by atoms with Gasteiger partial charge in [0, 0.05) is 5.39 Å². The largest absolute Gasteiger partial charge is 0.336 e. The van der Waals surface area contributed by atoms with E-state index >= 15 is 0 Å². The van der Waals surface area contributed by atoms with E-state index in [1.807, 2.05) is 24.3 Å². The van der Waals surface area contributed by atoms with Gasteiger partial charge in [0.15, 0.2) is 5.56 Å². The van der Waals surface area contributed by atoms with Crippen LogP contribution in [0.4, 0.5) is 0 Å². The zero-order chi connectivity index (χ0) is 12.9. The van der Waals surface area contributed by atoms with Gasteiger partial charge in [-0.3, -0.25) is 0 Å². The topological polar surface area (TPSA) is 127 Å². The van der Waals surface area contributed by atoms with Gasteiger partial charge in [0.25, 0.3) is 0 Å². The van der Waals surface area contributed by atoms with Crippen molar-refractivity contribution < 1.29 is 33.3 Å². The van der Waals surface area contributed by atoms with E-state index in [0.717, 1.165) is 10.8 Å². The van der Waals surface area contributed by atoms with Crippen molar-refractivity contribution in [2.24, 2.45) is 0 Å². The Morgan fingerprint density at radius 1 is 1.06 bits per heavy atom. The predicted octanol–water partition coefficient (Wildman–Crippen LogP) is -2.17. The fraction of sp³-hybridized carbons (Fsp3) is 0. The van der Waals surface area contributed by atoms with Gasteiger partial charge in [-0.05, 0) is 6.07 Å². The molecule has 1 heterocycles. The van der Waals surface area contributed by atoms with E-state index in [-0.39, 0.29) is 0 Å². The summed E-state index contributed by atoms with van der Waals surface area (Å²) in [6.07, 6.45) is 3.10. The van der Waals surface area contributed by atoms with Crippen LogP contribution in [0.15, 0.2) is 41.2 Å². The quantitative estimate of drug-likeness (QED) is 0.493. The number of hydrogen-bond acceptors (Lipinski definition) is 5. The Bertz CT molecular complexity index is 535. The Hall–Kier alpha value is -1.75. The molecule has 0 bridgehead atoms. The second-order valence-corrected chi connectivity index (χ2v) is 3.62. The van der Waals surface area contributed by atoms with Gasteiger partial charge >= 0.3 is 12.5 Å². The summed E-state index contributed by atoms with van der Waals surface area (Å²) in [6, 6.07) is 9.72. The maximum atomic E-state index is 8.73. The van der Waals surface area contributed by atoms with Crippen LogP contribution < -0.4 is 18.6 Å². The number of benzene rings is 1. The minimum Gasteiger partial charge on any atom is -0.222 e. The summed E-state index contributed by atoms with van der Waals surface area (Å²) in [4.78, 5) is 0. The smallest absolute Gasteiger partial charge is 0.222 e. The zero-order valence-electron chi connectivity index (χ0n) is 8.33. The highest BCUT2D eigenvalue weighted by Crippen LogP contribution is 2.16. The summed E-state index contributed by atoms with van der Waals surface area (Å²) in [5.41, 5.74) is 0.577. The second kappa shape index (κ2) is 5.54. The summed E-state index contributed by atoms with van der Waals surface area (Å²) in [6.45, 7) is 0. The normalized spacial score (nSPS) is 10.3. The highest BCUT2D eigenvalue weighted by atomic mass is 35.7. The number of hydrogen-bond donors (Lipinski definition) is 0. The maximum absolute atomic E-state index is 8.73. The first-order valence-corrected chi connectivity index (χ1v) is 5.45. The van der Waals surface area contributed by atoms with Gasteiger partial charge in [-0.2, -0.15) is 5.26 Å². The van der Waals surface area contributed by atoms with E-state index in [0.29, 0.717) is 5.56 Å². The standard InChI is InChI=1S/C10H6NO.ClHO4/c11-5-9-7-12-6-8-3-1-2-4-10(8)9;2-1(3,4)5/h1-4,6-7H;(H,2,3,4,5)/q+1;/p-1. The molecule has 1 aromatic heterocycles. The van der Waals surface area contributed by atoms with Crippen LogP contribution in [0, 0.1) is 21.6 Å². The molecule has 0 aliphatic rings. The Morgan fingerprint density at radius 2 is 1.65 bits per heavy atom. The average Bonchev–Trinajstić information content (AvgIpc) is 2.26. The Labute approximate surface area is 98.3 Å². The third-order valence-corrected chi connectivity index (χ3v) is 1.75. The number of halogens is 1. The number of nitriles is 1. The van der Waals surface area contributed by atoms with Gasteiger partial charge in [0.05, 0.1) is 5.39 Å². The van der Waals surface area contributed by atoms with Crippen LogP contribution in [0.25, 0.3) is 10.8 Å². The van der Waals surface area contributed by atoms with Crippen molar-refractivity contribution in [2.75, 3.05) is 0 Å². The molecule has 1 aromatic carbocycles. The lowest BCUT2D eigenvalue weighted by atomic mass is 10.1. The lowest BCUT2D eigenvalue weighted by Gasteiger charge is -2.17. The van der Waals surface area contributed by atoms with E-state index in [1.54, 1.807) is 6.26 Å². The van der Waals surface area contributed by atoms with Crippen molar-refractivity contribution in [3.63, 3.8) is 0 Å². The molecular formula is C10H6ClNO5. The lowest BCUT2D eigenvalue weighted by molar-refractivity contribution is -2.00. The van der Waals surface area contributed by atoms with E-state index in [4.69, 9.17) is 28.3 Å². The van der Waals surface area contributed by atoms with Crippen molar-refractivity contribution in [1.29, 1.82) is 5.26 Å². The van der Waals surface area contributed by atoms with Crippen LogP contribution >= 0.6 is 0 Å². The minimum atomic E-state index is -4.94. The summed E-state index contributed by atoms with van der Waals surface area (Å²) < 4.78 is 39.0. The molecule has 0 aliphatic carbocycles. The van der Waals surface area contributed by atoms with Gasteiger partial charge in [0.2, 0.25) is 0 Å². The van der Waals surface area contributed by atoms with Gasteiger partial charge < -0.3 is 0 Å². The van der Waals surface area contributed by atoms with Crippen molar-refractivity contribution in [2.45, 2.75) is 0 Å². The van der Waals surface area contributed by atoms with Crippen LogP contribution in [0.5, 0.6) is 0 Å². The molecule has 0 N–H and O–H groups in total. The number of fused-ring (bicyclic) bond motifs is 1. The summed E-state index contributed by atoms with van der Waals surface area (Å²) in [5.74, 6) is 0. The zero-order valence-corrected chi connectivity index (χ0v) is 9.09. The number of nitrogens with zero attached hydrogens (tertiary/aromatic N) is 1. The highest BCUT2D eigenvalue weighted by Gasteiger charge is 2.05. The SMILES string of the molecule is N#Cc1c[o+]cc2ccccc12.[O-][Cl+3]([O-])([O-])[O-]. The first-order valence-electron chi connectivity index (χ1n) is 4.22. The minimum absolute atomic E-state index is 0.577. The van der Waals surface area contributed by atoms with E-state index in [2.05, 4.69) is 6.07 Å². The molecule has 88 valence electrons. The molecule has 0 saturated carbocycles. The second-order valence-electron chi connectivity index (χ2n) is 2.86. The van der Waals surface area contributed by atoms with Crippen LogP contribution in [0.3, 0.4) is 0 Å². The molecule has 17 heavy (non-hydrogen) atoms. The molecule has 0 aliphatic heterocycles. The molecular weight excluding hydrogens is 250 g/mol. The fourth-order valence-corrected chi connectivity index (χ4v) is 1.17. The Balaban J connectivity index is 0.000000249. The van der Waals surface area contributed by atoms with Crippen LogP contribution in [0.2, 0.25) is 0 Å². The predicted molar refractivity (Wildman–Crippen MR) is 45.3 cm³/mol. The van der Waals surface area contributed by atoms with Gasteiger partial charge in [0.1, 0.15) is 6.07 Å². The molecule has 7 heteroatoms. The molecule has 2 rings (SSSR count). The molecule has 0 saturated heterocycles. The van der Waals surface area contributed by atoms with Gasteiger partial charge in [-0.1, -0.05) is 18.2 Å².